The van der Waals surface area contributed by atoms with E-state index in [4.69, 9.17) is 4.74 Å². The van der Waals surface area contributed by atoms with Crippen molar-refractivity contribution in [2.45, 2.75) is 44.4 Å². The number of ketones is 1. The molecule has 2 amide bonds. The number of likely N-dealkylation sites (tertiary alicyclic amines) is 1. The summed E-state index contributed by atoms with van der Waals surface area (Å²) in [7, 11) is 0. The molecule has 8 nitrogen and oxygen atoms in total. The Labute approximate surface area is 237 Å². The summed E-state index contributed by atoms with van der Waals surface area (Å²) in [6.45, 7) is 3.71. The number of ether oxygens (including phenoxy) is 1. The first-order valence-corrected chi connectivity index (χ1v) is 14.1. The summed E-state index contributed by atoms with van der Waals surface area (Å²) < 4.78 is 47.1. The minimum atomic E-state index is -0.749. The van der Waals surface area contributed by atoms with E-state index in [0.29, 0.717) is 51.1 Å². The van der Waals surface area contributed by atoms with Gasteiger partial charge in [-0.3, -0.25) is 24.6 Å². The van der Waals surface area contributed by atoms with Crippen molar-refractivity contribution in [2.75, 3.05) is 39.4 Å². The van der Waals surface area contributed by atoms with E-state index in [1.807, 2.05) is 4.90 Å². The maximum absolute atomic E-state index is 14.8. The van der Waals surface area contributed by atoms with Crippen LogP contribution in [0.3, 0.4) is 0 Å². The van der Waals surface area contributed by atoms with Gasteiger partial charge in [-0.2, -0.15) is 0 Å². The molecule has 3 fully saturated rings. The Kier molecular flexibility index (Phi) is 9.06. The van der Waals surface area contributed by atoms with Crippen molar-refractivity contribution in [1.29, 1.82) is 0 Å². The normalized spacial score (nSPS) is 24.3. The van der Waals surface area contributed by atoms with E-state index in [1.54, 1.807) is 6.92 Å². The van der Waals surface area contributed by atoms with Crippen molar-refractivity contribution < 1.29 is 32.3 Å². The molecule has 0 saturated carbocycles. The van der Waals surface area contributed by atoms with Crippen LogP contribution in [-0.4, -0.2) is 79.0 Å². The van der Waals surface area contributed by atoms with Gasteiger partial charge in [-0.1, -0.05) is 6.07 Å². The first-order chi connectivity index (χ1) is 19.7. The highest BCUT2D eigenvalue weighted by Crippen LogP contribution is 2.27. The number of rotatable bonds is 8. The number of piperidine rings is 1. The molecule has 4 unspecified atom stereocenters. The SMILES string of the molecule is CC(c1ccc(F)cc1F)N(CC1NC(=O)C2COCCC2N1)C(=O)CN1CCC(C(=O)c2ccc(F)cc2)CC1. The quantitative estimate of drug-likeness (QED) is 0.473. The lowest BCUT2D eigenvalue weighted by Gasteiger charge is -2.42. The van der Waals surface area contributed by atoms with Crippen LogP contribution in [0.1, 0.15) is 48.1 Å². The van der Waals surface area contributed by atoms with Gasteiger partial charge in [0.2, 0.25) is 11.8 Å². The second kappa shape index (κ2) is 12.7. The molecule has 0 aliphatic carbocycles. The highest BCUT2D eigenvalue weighted by atomic mass is 19.1. The van der Waals surface area contributed by atoms with Gasteiger partial charge in [0.15, 0.2) is 5.78 Å². The highest BCUT2D eigenvalue weighted by Gasteiger charge is 2.40. The summed E-state index contributed by atoms with van der Waals surface area (Å²) in [5.74, 6) is -2.84. The van der Waals surface area contributed by atoms with E-state index in [0.717, 1.165) is 12.1 Å². The number of Topliss-reactive ketones (excluding diaryl/α,β-unsaturated/α-hetero) is 1. The van der Waals surface area contributed by atoms with Crippen LogP contribution in [0.25, 0.3) is 0 Å². The van der Waals surface area contributed by atoms with Gasteiger partial charge in [0.1, 0.15) is 17.5 Å². The third-order valence-corrected chi connectivity index (χ3v) is 8.45. The summed E-state index contributed by atoms with van der Waals surface area (Å²) in [5.41, 5.74) is 0.644. The van der Waals surface area contributed by atoms with Crippen LogP contribution in [0.5, 0.6) is 0 Å². The number of nitrogens with one attached hydrogen (secondary N) is 2. The van der Waals surface area contributed by atoms with Gasteiger partial charge in [-0.15, -0.1) is 0 Å². The lowest BCUT2D eigenvalue weighted by molar-refractivity contribution is -0.140. The average Bonchev–Trinajstić information content (AvgIpc) is 2.96. The van der Waals surface area contributed by atoms with Crippen molar-refractivity contribution in [2.24, 2.45) is 11.8 Å². The maximum atomic E-state index is 14.8. The number of carbonyl (C=O) groups is 3. The van der Waals surface area contributed by atoms with Gasteiger partial charge in [-0.05, 0) is 69.6 Å². The third kappa shape index (κ3) is 6.79. The molecule has 41 heavy (non-hydrogen) atoms. The Balaban J connectivity index is 1.26. The molecule has 0 spiro atoms. The first-order valence-electron chi connectivity index (χ1n) is 14.1. The van der Waals surface area contributed by atoms with Gasteiger partial charge in [-0.25, -0.2) is 13.2 Å². The molecule has 0 radical (unpaired) electrons. The van der Waals surface area contributed by atoms with Gasteiger partial charge >= 0.3 is 0 Å². The molecule has 3 aliphatic rings. The number of amides is 2. The number of fused-ring (bicyclic) bond motifs is 1. The molecule has 0 aromatic heterocycles. The number of carbonyl (C=O) groups excluding carboxylic acids is 3. The fourth-order valence-corrected chi connectivity index (χ4v) is 6.04. The zero-order valence-corrected chi connectivity index (χ0v) is 23.0. The smallest absolute Gasteiger partial charge is 0.237 e. The van der Waals surface area contributed by atoms with Crippen LogP contribution in [0.15, 0.2) is 42.5 Å². The molecular formula is C30H35F3N4O4. The second-order valence-corrected chi connectivity index (χ2v) is 11.1. The fraction of sp³-hybridized carbons (Fsp3) is 0.500. The van der Waals surface area contributed by atoms with E-state index in [1.165, 1.54) is 35.2 Å². The number of benzene rings is 2. The van der Waals surface area contributed by atoms with Gasteiger partial charge in [0.25, 0.3) is 0 Å². The lowest BCUT2D eigenvalue weighted by Crippen LogP contribution is -2.66. The van der Waals surface area contributed by atoms with Crippen molar-refractivity contribution in [3.63, 3.8) is 0 Å². The van der Waals surface area contributed by atoms with Crippen LogP contribution in [0, 0.1) is 29.3 Å². The van der Waals surface area contributed by atoms with Gasteiger partial charge < -0.3 is 15.0 Å². The van der Waals surface area contributed by atoms with Gasteiger partial charge in [0, 0.05) is 35.8 Å². The fourth-order valence-electron chi connectivity index (χ4n) is 6.04. The van der Waals surface area contributed by atoms with E-state index in [2.05, 4.69) is 10.6 Å². The Hall–Kier alpha value is -3.28. The highest BCUT2D eigenvalue weighted by molar-refractivity contribution is 5.97. The monoisotopic (exact) mass is 572 g/mol. The number of nitrogens with zero attached hydrogens (tertiary/aromatic N) is 2. The average molecular weight is 573 g/mol. The number of hydrogen-bond donors (Lipinski definition) is 2. The molecule has 3 saturated heterocycles. The Morgan fingerprint density at radius 2 is 1.76 bits per heavy atom. The molecule has 2 aromatic carbocycles. The standard InChI is InChI=1S/C30H35F3N4O4/c1-18(23-7-6-22(32)14-25(23)33)37(15-27-34-26-10-13-41-17-24(26)30(40)35-27)28(38)16-36-11-8-20(9-12-36)29(39)19-2-4-21(31)5-3-19/h2-7,14,18,20,24,26-27,34H,8-13,15-17H2,1H3,(H,35,40). The molecule has 2 N–H and O–H groups in total. The van der Waals surface area contributed by atoms with E-state index in [9.17, 15) is 27.6 Å². The van der Waals surface area contributed by atoms with E-state index >= 15 is 0 Å². The number of hydrogen-bond acceptors (Lipinski definition) is 6. The molecule has 220 valence electrons. The second-order valence-electron chi connectivity index (χ2n) is 11.1. The topological polar surface area (TPSA) is 91.0 Å². The number of halogens is 3. The minimum Gasteiger partial charge on any atom is -0.381 e. The first kappa shape index (κ1) is 29.2. The molecule has 0 bridgehead atoms. The summed E-state index contributed by atoms with van der Waals surface area (Å²) in [6.07, 6.45) is 1.22. The molecular weight excluding hydrogens is 537 g/mol. The third-order valence-electron chi connectivity index (χ3n) is 8.45. The summed E-state index contributed by atoms with van der Waals surface area (Å²) in [5, 5.41) is 6.33. The molecule has 3 aliphatic heterocycles. The Morgan fingerprint density at radius 3 is 2.46 bits per heavy atom. The largest absolute Gasteiger partial charge is 0.381 e. The predicted octanol–water partition coefficient (Wildman–Crippen LogP) is 3.04. The van der Waals surface area contributed by atoms with E-state index in [-0.39, 0.29) is 54.1 Å². The molecule has 11 heteroatoms. The van der Waals surface area contributed by atoms with Crippen molar-refractivity contribution in [1.82, 2.24) is 20.4 Å². The summed E-state index contributed by atoms with van der Waals surface area (Å²) >= 11 is 0. The predicted molar refractivity (Wildman–Crippen MR) is 144 cm³/mol. The van der Waals surface area contributed by atoms with Crippen LogP contribution >= 0.6 is 0 Å². The minimum absolute atomic E-state index is 0.0384. The molecule has 4 atom stereocenters. The van der Waals surface area contributed by atoms with Crippen LogP contribution < -0.4 is 10.6 Å². The maximum Gasteiger partial charge on any atom is 0.237 e. The van der Waals surface area contributed by atoms with E-state index < -0.39 is 29.7 Å². The summed E-state index contributed by atoms with van der Waals surface area (Å²) in [4.78, 5) is 42.8. The lowest BCUT2D eigenvalue weighted by atomic mass is 9.89. The van der Waals surface area contributed by atoms with Crippen molar-refractivity contribution in [3.05, 3.63) is 71.0 Å². The zero-order chi connectivity index (χ0) is 29.1. The Morgan fingerprint density at radius 1 is 1.05 bits per heavy atom. The van der Waals surface area contributed by atoms with Gasteiger partial charge in [0.05, 0.1) is 37.8 Å². The molecule has 3 heterocycles. The molecule has 2 aromatic rings. The van der Waals surface area contributed by atoms with Crippen LogP contribution in [-0.2, 0) is 14.3 Å². The van der Waals surface area contributed by atoms with Crippen molar-refractivity contribution >= 4 is 17.6 Å². The van der Waals surface area contributed by atoms with Crippen LogP contribution in [0.2, 0.25) is 0 Å². The van der Waals surface area contributed by atoms with Crippen molar-refractivity contribution in [3.8, 4) is 0 Å². The zero-order valence-electron chi connectivity index (χ0n) is 23.0. The Bertz CT molecular complexity index is 1270. The summed E-state index contributed by atoms with van der Waals surface area (Å²) in [6, 6.07) is 7.99. The molecule has 5 rings (SSSR count). The van der Waals surface area contributed by atoms with Crippen LogP contribution in [0.4, 0.5) is 13.2 Å².